The van der Waals surface area contributed by atoms with E-state index in [4.69, 9.17) is 0 Å². The molecular weight excluding hydrogens is 1010 g/mol. The third-order valence-corrected chi connectivity index (χ3v) is 14.3. The summed E-state index contributed by atoms with van der Waals surface area (Å²) in [7, 11) is 0. The minimum Gasteiger partial charge on any atom is -0.0683 e. The predicted octanol–water partition coefficient (Wildman–Crippen LogP) is 27.0. The van der Waals surface area contributed by atoms with E-state index in [9.17, 15) is 0 Å². The maximum Gasteiger partial charge on any atom is -0.00201 e. The van der Waals surface area contributed by atoms with Crippen LogP contribution in [-0.4, -0.2) is 0 Å². The molecule has 84 heavy (non-hydrogen) atoms. The molecule has 0 aliphatic rings. The van der Waals surface area contributed by atoms with Crippen LogP contribution < -0.4 is 0 Å². The van der Waals surface area contributed by atoms with Crippen molar-refractivity contribution in [1.82, 2.24) is 0 Å². The zero-order valence-corrected chi connectivity index (χ0v) is 52.6. The summed E-state index contributed by atoms with van der Waals surface area (Å²) >= 11 is 0. The van der Waals surface area contributed by atoms with Crippen LogP contribution in [0.5, 0.6) is 0 Å². The van der Waals surface area contributed by atoms with Crippen molar-refractivity contribution in [2.75, 3.05) is 0 Å². The molecule has 14 aromatic carbocycles. The van der Waals surface area contributed by atoms with E-state index in [-0.39, 0.29) is 0 Å². The molecule has 14 rings (SSSR count). The second kappa shape index (κ2) is 33.1. The fraction of sp³-hybridized carbons (Fsp3) is 0.167. The van der Waals surface area contributed by atoms with Crippen LogP contribution in [0.2, 0.25) is 0 Å². The van der Waals surface area contributed by atoms with Gasteiger partial charge in [-0.1, -0.05) is 370 Å². The van der Waals surface area contributed by atoms with Crippen LogP contribution in [0.15, 0.2) is 279 Å². The lowest BCUT2D eigenvalue weighted by Gasteiger charge is -2.19. The monoisotopic (exact) mass is 1100 g/mol. The van der Waals surface area contributed by atoms with Crippen LogP contribution in [0.1, 0.15) is 96.9 Å². The van der Waals surface area contributed by atoms with Gasteiger partial charge in [-0.2, -0.15) is 0 Å². The molecule has 0 N–H and O–H groups in total. The van der Waals surface area contributed by atoms with E-state index < -0.39 is 0 Å². The van der Waals surface area contributed by atoms with Gasteiger partial charge in [-0.15, -0.1) is 0 Å². The molecule has 14 aromatic rings. The Morgan fingerprint density at radius 1 is 0.143 bits per heavy atom. The molecule has 0 saturated carbocycles. The highest BCUT2D eigenvalue weighted by atomic mass is 14.2. The van der Waals surface area contributed by atoms with Gasteiger partial charge < -0.3 is 0 Å². The lowest BCUT2D eigenvalue weighted by Crippen LogP contribution is -1.92. The van der Waals surface area contributed by atoms with E-state index in [1.165, 1.54) is 131 Å². The third kappa shape index (κ3) is 13.4. The van der Waals surface area contributed by atoms with Crippen molar-refractivity contribution in [2.24, 2.45) is 0 Å². The Morgan fingerprint density at radius 2 is 0.429 bits per heavy atom. The van der Waals surface area contributed by atoms with Gasteiger partial charge in [0, 0.05) is 0 Å². The average Bonchev–Trinajstić information content (AvgIpc) is 2.53. The fourth-order valence-corrected chi connectivity index (χ4v) is 11.2. The number of fused-ring (bicyclic) bond motifs is 7. The molecule has 0 unspecified atom stereocenters. The van der Waals surface area contributed by atoms with Gasteiger partial charge in [-0.05, 0) is 137 Å². The standard InChI is InChI=1S/C36H24.C34H22.7C2H6/c1-3-13-25(14-4-1)27-23-24-34(29-18-8-7-17-28(27)29)36-32-21-11-9-19-30(32)35(26-15-5-2-6-16-26)31-20-10-12-22-33(31)36;1-2-12-25-22-26(21-20-23(25)10-1)33-29-15-5-7-17-31(29)34(32-18-8-6-16-30(32)33)28-19-9-13-24-11-3-4-14-27(24)28;7*1-2/h1-24H;1-22H;7*1-2H3. The van der Waals surface area contributed by atoms with Gasteiger partial charge in [-0.25, -0.2) is 0 Å². The van der Waals surface area contributed by atoms with Crippen LogP contribution in [0.25, 0.3) is 131 Å². The fourth-order valence-electron chi connectivity index (χ4n) is 11.2. The second-order valence-corrected chi connectivity index (χ2v) is 18.2. The average molecular weight is 1100 g/mol. The van der Waals surface area contributed by atoms with Crippen molar-refractivity contribution < 1.29 is 0 Å². The normalized spacial score (nSPS) is 10.0. The van der Waals surface area contributed by atoms with Crippen molar-refractivity contribution in [1.29, 1.82) is 0 Å². The molecular formula is C84H88. The Bertz CT molecular complexity index is 4160. The van der Waals surface area contributed by atoms with Crippen LogP contribution in [0.4, 0.5) is 0 Å². The van der Waals surface area contributed by atoms with Crippen LogP contribution >= 0.6 is 0 Å². The Balaban J connectivity index is 0.000000224. The summed E-state index contributed by atoms with van der Waals surface area (Å²) in [5, 5.41) is 18.0. The van der Waals surface area contributed by atoms with Crippen molar-refractivity contribution in [3.8, 4) is 55.6 Å². The highest BCUT2D eigenvalue weighted by molar-refractivity contribution is 6.25. The van der Waals surface area contributed by atoms with Gasteiger partial charge in [0.05, 0.1) is 0 Å². The lowest BCUT2D eigenvalue weighted by molar-refractivity contribution is 1.50. The van der Waals surface area contributed by atoms with Crippen LogP contribution in [0.3, 0.4) is 0 Å². The highest BCUT2D eigenvalue weighted by Gasteiger charge is 2.20. The molecule has 0 spiro atoms. The van der Waals surface area contributed by atoms with Gasteiger partial charge in [0.2, 0.25) is 0 Å². The molecule has 0 aromatic heterocycles. The summed E-state index contributed by atoms with van der Waals surface area (Å²) in [6.07, 6.45) is 0. The molecule has 0 aliphatic heterocycles. The molecule has 0 atom stereocenters. The first kappa shape index (κ1) is 64.1. The Labute approximate surface area is 504 Å². The second-order valence-electron chi connectivity index (χ2n) is 18.2. The van der Waals surface area contributed by atoms with Crippen molar-refractivity contribution in [3.05, 3.63) is 279 Å². The molecule has 424 valence electrons. The van der Waals surface area contributed by atoms with E-state index in [0.717, 1.165) is 0 Å². The summed E-state index contributed by atoms with van der Waals surface area (Å²) < 4.78 is 0. The molecule has 0 bridgehead atoms. The van der Waals surface area contributed by atoms with Crippen molar-refractivity contribution in [3.63, 3.8) is 0 Å². The van der Waals surface area contributed by atoms with Gasteiger partial charge in [0.25, 0.3) is 0 Å². The van der Waals surface area contributed by atoms with Crippen LogP contribution in [0, 0.1) is 0 Å². The molecule has 0 nitrogen and oxygen atoms in total. The third-order valence-electron chi connectivity index (χ3n) is 14.3. The molecule has 0 amide bonds. The highest BCUT2D eigenvalue weighted by Crippen LogP contribution is 2.48. The first-order valence-electron chi connectivity index (χ1n) is 31.3. The van der Waals surface area contributed by atoms with Gasteiger partial charge in [0.1, 0.15) is 0 Å². The van der Waals surface area contributed by atoms with E-state index in [1.54, 1.807) is 0 Å². The van der Waals surface area contributed by atoms with Gasteiger partial charge >= 0.3 is 0 Å². The topological polar surface area (TPSA) is 0 Å². The molecule has 0 radical (unpaired) electrons. The van der Waals surface area contributed by atoms with Crippen molar-refractivity contribution in [2.45, 2.75) is 96.9 Å². The summed E-state index contributed by atoms with van der Waals surface area (Å²) in [5.41, 5.74) is 12.8. The smallest absolute Gasteiger partial charge is 0.00201 e. The quantitative estimate of drug-likeness (QED) is 0.151. The van der Waals surface area contributed by atoms with Crippen LogP contribution in [-0.2, 0) is 0 Å². The predicted molar refractivity (Wildman–Crippen MR) is 382 cm³/mol. The zero-order chi connectivity index (χ0) is 60.4. The van der Waals surface area contributed by atoms with E-state index in [0.29, 0.717) is 0 Å². The number of benzene rings is 14. The largest absolute Gasteiger partial charge is 0.0683 e. The first-order valence-corrected chi connectivity index (χ1v) is 31.3. The summed E-state index contributed by atoms with van der Waals surface area (Å²) in [5.74, 6) is 0. The Kier molecular flexibility index (Phi) is 25.3. The SMILES string of the molecule is CC.CC.CC.CC.CC.CC.CC.c1ccc(-c2ccc(-c3c4ccccc4c(-c4ccccc4)c4ccccc34)c3ccccc23)cc1.c1ccc2cc(-c3c4ccccc4c(-c4cccc5ccccc45)c4ccccc34)ccc2c1. The molecule has 0 aliphatic carbocycles. The van der Waals surface area contributed by atoms with Gasteiger partial charge in [-0.3, -0.25) is 0 Å². The Morgan fingerprint density at radius 3 is 0.869 bits per heavy atom. The summed E-state index contributed by atoms with van der Waals surface area (Å²) in [6, 6.07) is 101. The van der Waals surface area contributed by atoms with Crippen molar-refractivity contribution >= 4 is 75.4 Å². The van der Waals surface area contributed by atoms with E-state index >= 15 is 0 Å². The maximum absolute atomic E-state index is 2.33. The van der Waals surface area contributed by atoms with E-state index in [1.807, 2.05) is 96.9 Å². The number of hydrogen-bond donors (Lipinski definition) is 0. The number of hydrogen-bond acceptors (Lipinski definition) is 0. The van der Waals surface area contributed by atoms with Gasteiger partial charge in [0.15, 0.2) is 0 Å². The molecule has 0 heteroatoms. The molecule has 0 heterocycles. The molecule has 0 saturated heterocycles. The first-order chi connectivity index (χ1) is 41.8. The number of rotatable bonds is 5. The van der Waals surface area contributed by atoms with E-state index in [2.05, 4.69) is 279 Å². The minimum absolute atomic E-state index is 1.24. The lowest BCUT2D eigenvalue weighted by atomic mass is 9.84. The maximum atomic E-state index is 2.33. The zero-order valence-electron chi connectivity index (χ0n) is 52.6. The summed E-state index contributed by atoms with van der Waals surface area (Å²) in [6.45, 7) is 28.0. The summed E-state index contributed by atoms with van der Waals surface area (Å²) in [4.78, 5) is 0. The Hall–Kier alpha value is -9.10. The minimum atomic E-state index is 1.24. The molecule has 0 fully saturated rings.